The van der Waals surface area contributed by atoms with Crippen LogP contribution in [-0.4, -0.2) is 34.0 Å². The van der Waals surface area contributed by atoms with Gasteiger partial charge >= 0.3 is 0 Å². The van der Waals surface area contributed by atoms with Crippen molar-refractivity contribution in [1.82, 2.24) is 15.5 Å². The highest BCUT2D eigenvalue weighted by Gasteiger charge is 2.35. The predicted octanol–water partition coefficient (Wildman–Crippen LogP) is 6.26. The van der Waals surface area contributed by atoms with Gasteiger partial charge in [0.2, 0.25) is 5.13 Å². The Hall–Kier alpha value is -2.42. The molecule has 1 aliphatic rings. The van der Waals surface area contributed by atoms with Gasteiger partial charge < -0.3 is 15.7 Å². The van der Waals surface area contributed by atoms with Crippen LogP contribution < -0.4 is 10.6 Å². The Bertz CT molecular complexity index is 1170. The molecule has 1 fully saturated rings. The highest BCUT2D eigenvalue weighted by atomic mass is 32.1. The summed E-state index contributed by atoms with van der Waals surface area (Å²) < 4.78 is 27.8. The Labute approximate surface area is 222 Å². The Morgan fingerprint density at radius 3 is 2.35 bits per heavy atom. The molecule has 2 atom stereocenters. The maximum Gasteiger partial charge on any atom is 0.205 e. The van der Waals surface area contributed by atoms with E-state index in [2.05, 4.69) is 65.9 Å². The fourth-order valence-corrected chi connectivity index (χ4v) is 5.88. The lowest BCUT2D eigenvalue weighted by atomic mass is 9.74. The van der Waals surface area contributed by atoms with Crippen LogP contribution >= 0.6 is 11.3 Å². The van der Waals surface area contributed by atoms with Crippen molar-refractivity contribution in [3.05, 3.63) is 75.8 Å². The lowest BCUT2D eigenvalue weighted by Gasteiger charge is -2.41. The summed E-state index contributed by atoms with van der Waals surface area (Å²) in [6.45, 7) is 8.84. The van der Waals surface area contributed by atoms with Crippen LogP contribution in [0.25, 0.3) is 0 Å². The smallest absolute Gasteiger partial charge is 0.205 e. The summed E-state index contributed by atoms with van der Waals surface area (Å²) in [5, 5.41) is 28.0. The van der Waals surface area contributed by atoms with Gasteiger partial charge in [-0.05, 0) is 60.4 Å². The Morgan fingerprint density at radius 2 is 1.73 bits per heavy atom. The van der Waals surface area contributed by atoms with Crippen LogP contribution in [-0.2, 0) is 17.4 Å². The van der Waals surface area contributed by atoms with Gasteiger partial charge in [-0.2, -0.15) is 0 Å². The van der Waals surface area contributed by atoms with Crippen LogP contribution in [0.5, 0.6) is 0 Å². The summed E-state index contributed by atoms with van der Waals surface area (Å²) in [7, 11) is 0. The molecule has 3 aromatic rings. The number of aromatic nitrogens is 2. The molecule has 200 valence electrons. The Morgan fingerprint density at radius 1 is 1.03 bits per heavy atom. The second-order valence-corrected chi connectivity index (χ2v) is 12.5. The number of aryl methyl sites for hydroxylation is 1. The molecule has 4 rings (SSSR count). The molecule has 0 spiro atoms. The zero-order chi connectivity index (χ0) is 26.6. The maximum atomic E-state index is 13.9. The summed E-state index contributed by atoms with van der Waals surface area (Å²) in [6, 6.07) is 11.8. The molecule has 5 nitrogen and oxygen atoms in total. The van der Waals surface area contributed by atoms with Crippen LogP contribution in [0.1, 0.15) is 74.6 Å². The Kier molecular flexibility index (Phi) is 8.61. The van der Waals surface area contributed by atoms with E-state index in [0.29, 0.717) is 17.2 Å². The van der Waals surface area contributed by atoms with Crippen molar-refractivity contribution in [2.24, 2.45) is 0 Å². The van der Waals surface area contributed by atoms with Gasteiger partial charge in [0.15, 0.2) is 0 Å². The van der Waals surface area contributed by atoms with E-state index in [9.17, 15) is 13.9 Å². The van der Waals surface area contributed by atoms with E-state index < -0.39 is 23.8 Å². The van der Waals surface area contributed by atoms with E-state index in [1.807, 2.05) is 6.92 Å². The van der Waals surface area contributed by atoms with Gasteiger partial charge in [-0.3, -0.25) is 0 Å². The van der Waals surface area contributed by atoms with Crippen molar-refractivity contribution < 1.29 is 13.9 Å². The monoisotopic (exact) mass is 528 g/mol. The molecule has 0 radical (unpaired) electrons. The maximum absolute atomic E-state index is 13.9. The van der Waals surface area contributed by atoms with E-state index in [4.69, 9.17) is 0 Å². The lowest BCUT2D eigenvalue weighted by Crippen LogP contribution is -2.50. The van der Waals surface area contributed by atoms with Crippen molar-refractivity contribution >= 4 is 16.5 Å². The van der Waals surface area contributed by atoms with E-state index in [0.717, 1.165) is 36.8 Å². The summed E-state index contributed by atoms with van der Waals surface area (Å²) in [5.74, 6) is -1.26. The summed E-state index contributed by atoms with van der Waals surface area (Å²) in [5.41, 5.74) is 2.83. The molecule has 37 heavy (non-hydrogen) atoms. The molecule has 0 bridgehead atoms. The SMILES string of the molecule is Cc1nnc(NC(Cc2cc(F)cc(F)c2)C(O)CNC2(c3cccc(C(C)(C)C)c3)CCCCC2)s1. The Balaban J connectivity index is 1.56. The van der Waals surface area contributed by atoms with Crippen LogP contribution in [0, 0.1) is 18.6 Å². The summed E-state index contributed by atoms with van der Waals surface area (Å²) in [6.07, 6.45) is 4.85. The van der Waals surface area contributed by atoms with Gasteiger partial charge in [-0.1, -0.05) is 75.6 Å². The number of benzene rings is 2. The number of aliphatic hydroxyl groups excluding tert-OH is 1. The highest BCUT2D eigenvalue weighted by molar-refractivity contribution is 7.15. The lowest BCUT2D eigenvalue weighted by molar-refractivity contribution is 0.122. The quantitative estimate of drug-likeness (QED) is 0.306. The topological polar surface area (TPSA) is 70.1 Å². The molecule has 1 aliphatic carbocycles. The van der Waals surface area contributed by atoms with Crippen LogP contribution in [0.15, 0.2) is 42.5 Å². The van der Waals surface area contributed by atoms with Gasteiger partial charge in [-0.25, -0.2) is 8.78 Å². The van der Waals surface area contributed by atoms with Crippen LogP contribution in [0.2, 0.25) is 0 Å². The number of rotatable bonds is 9. The average molecular weight is 529 g/mol. The first-order valence-corrected chi connectivity index (χ1v) is 13.9. The molecule has 1 aromatic heterocycles. The molecule has 2 unspecified atom stereocenters. The molecule has 0 aliphatic heterocycles. The van der Waals surface area contributed by atoms with Gasteiger partial charge in [0.05, 0.1) is 12.1 Å². The number of nitrogens with zero attached hydrogens (tertiary/aromatic N) is 2. The fourth-order valence-electron chi connectivity index (χ4n) is 5.23. The van der Waals surface area contributed by atoms with Crippen LogP contribution in [0.3, 0.4) is 0 Å². The molecule has 8 heteroatoms. The van der Waals surface area contributed by atoms with E-state index >= 15 is 0 Å². The van der Waals surface area contributed by atoms with Crippen molar-refractivity contribution in [3.63, 3.8) is 0 Å². The normalized spacial score (nSPS) is 17.4. The number of nitrogens with one attached hydrogen (secondary N) is 2. The largest absolute Gasteiger partial charge is 0.390 e. The first-order valence-electron chi connectivity index (χ1n) is 13.1. The fraction of sp³-hybridized carbons (Fsp3) is 0.517. The van der Waals surface area contributed by atoms with Gasteiger partial charge in [-0.15, -0.1) is 10.2 Å². The molecular weight excluding hydrogens is 490 g/mol. The molecule has 0 saturated heterocycles. The van der Waals surface area contributed by atoms with Crippen molar-refractivity contribution in [2.75, 3.05) is 11.9 Å². The number of hydrogen-bond acceptors (Lipinski definition) is 6. The standard InChI is InChI=1S/C29H38F2N4OS/c1-19-34-35-27(37-19)33-25(15-20-13-23(30)17-24(31)14-20)26(36)18-32-29(11-6-5-7-12-29)22-10-8-9-21(16-22)28(2,3)4/h8-10,13-14,16-17,25-26,32,36H,5-7,11-12,15,18H2,1-4H3,(H,33,35). The van der Waals surface area contributed by atoms with Crippen LogP contribution in [0.4, 0.5) is 13.9 Å². The van der Waals surface area contributed by atoms with Crippen molar-refractivity contribution in [3.8, 4) is 0 Å². The van der Waals surface area contributed by atoms with Gasteiger partial charge in [0, 0.05) is 18.2 Å². The van der Waals surface area contributed by atoms with E-state index in [-0.39, 0.29) is 17.4 Å². The van der Waals surface area contributed by atoms with E-state index in [1.54, 1.807) is 0 Å². The third kappa shape index (κ3) is 7.12. The first kappa shape index (κ1) is 27.6. The number of anilines is 1. The predicted molar refractivity (Wildman–Crippen MR) is 146 cm³/mol. The molecule has 2 aromatic carbocycles. The zero-order valence-corrected chi connectivity index (χ0v) is 23.0. The minimum Gasteiger partial charge on any atom is -0.390 e. The second-order valence-electron chi connectivity index (χ2n) is 11.3. The number of halogens is 2. The molecular formula is C29H38F2N4OS. The summed E-state index contributed by atoms with van der Waals surface area (Å²) in [4.78, 5) is 0. The van der Waals surface area contributed by atoms with Crippen molar-refractivity contribution in [2.45, 2.75) is 89.3 Å². The summed E-state index contributed by atoms with van der Waals surface area (Å²) >= 11 is 1.38. The van der Waals surface area contributed by atoms with Gasteiger partial charge in [0.25, 0.3) is 0 Å². The number of hydrogen-bond donors (Lipinski definition) is 3. The highest BCUT2D eigenvalue weighted by Crippen LogP contribution is 2.38. The number of aliphatic hydroxyl groups is 1. The second kappa shape index (κ2) is 11.5. The third-order valence-corrected chi connectivity index (χ3v) is 8.09. The minimum atomic E-state index is -0.833. The molecule has 1 saturated carbocycles. The average Bonchev–Trinajstić information content (AvgIpc) is 3.26. The zero-order valence-electron chi connectivity index (χ0n) is 22.2. The first-order chi connectivity index (χ1) is 17.5. The molecule has 1 heterocycles. The molecule has 0 amide bonds. The third-order valence-electron chi connectivity index (χ3n) is 7.32. The van der Waals surface area contributed by atoms with Crippen molar-refractivity contribution in [1.29, 1.82) is 0 Å². The van der Waals surface area contributed by atoms with E-state index in [1.165, 1.54) is 41.0 Å². The van der Waals surface area contributed by atoms with Gasteiger partial charge in [0.1, 0.15) is 16.6 Å². The molecule has 3 N–H and O–H groups in total. The minimum absolute atomic E-state index is 0.0422.